The largest absolute Gasteiger partial charge is 0.397 e. The smallest absolute Gasteiger partial charge is 0.333 e. The predicted molar refractivity (Wildman–Crippen MR) is 47.1 cm³/mol. The summed E-state index contributed by atoms with van der Waals surface area (Å²) in [6.07, 6.45) is 0. The first-order chi connectivity index (χ1) is 5.63. The third-order valence-corrected chi connectivity index (χ3v) is 1.43. The molecule has 0 heterocycles. The molecule has 1 aromatic rings. The second-order valence-electron chi connectivity index (χ2n) is 2.27. The second-order valence-corrected chi connectivity index (χ2v) is 2.27. The minimum Gasteiger partial charge on any atom is -0.397 e. The van der Waals surface area contributed by atoms with E-state index in [9.17, 15) is 4.79 Å². The average Bonchev–Trinajstić information content (AvgIpc) is 2.04. The van der Waals surface area contributed by atoms with Gasteiger partial charge in [-0.1, -0.05) is 12.1 Å². The molecule has 0 aliphatic carbocycles. The maximum Gasteiger partial charge on any atom is 0.333 e. The summed E-state index contributed by atoms with van der Waals surface area (Å²) < 4.78 is 0. The topological polar surface area (TPSA) is 98.4 Å². The highest BCUT2D eigenvalue weighted by Gasteiger charge is 2.08. The molecule has 1 aromatic carbocycles. The van der Waals surface area contributed by atoms with E-state index in [1.54, 1.807) is 24.3 Å². The molecule has 0 radical (unpaired) electrons. The predicted octanol–water partition coefficient (Wildman–Crippen LogP) is 0.0276. The van der Waals surface area contributed by atoms with Crippen LogP contribution in [0.3, 0.4) is 0 Å². The number of hydrazine groups is 1. The van der Waals surface area contributed by atoms with Gasteiger partial charge in [-0.15, -0.1) is 0 Å². The van der Waals surface area contributed by atoms with Gasteiger partial charge in [-0.3, -0.25) is 0 Å². The quantitative estimate of drug-likeness (QED) is 0.237. The zero-order valence-corrected chi connectivity index (χ0v) is 6.40. The van der Waals surface area contributed by atoms with Crippen LogP contribution in [0.15, 0.2) is 24.3 Å². The summed E-state index contributed by atoms with van der Waals surface area (Å²) in [5, 5.41) is 0.801. The maximum atomic E-state index is 10.6. The molecule has 0 saturated carbocycles. The lowest BCUT2D eigenvalue weighted by atomic mass is 10.3. The summed E-state index contributed by atoms with van der Waals surface area (Å²) in [6, 6.07) is 5.97. The molecule has 5 heteroatoms. The number of para-hydroxylation sites is 2. The van der Waals surface area contributed by atoms with Crippen molar-refractivity contribution < 1.29 is 4.79 Å². The van der Waals surface area contributed by atoms with Gasteiger partial charge in [-0.25, -0.2) is 15.6 Å². The SMILES string of the molecule is NC(=O)N(N)c1ccccc1N. The number of nitrogens with two attached hydrogens (primary N) is 3. The van der Waals surface area contributed by atoms with Gasteiger partial charge in [0.2, 0.25) is 0 Å². The Kier molecular flexibility index (Phi) is 2.16. The van der Waals surface area contributed by atoms with E-state index in [1.165, 1.54) is 0 Å². The third-order valence-electron chi connectivity index (χ3n) is 1.43. The molecule has 0 aromatic heterocycles. The zero-order chi connectivity index (χ0) is 9.14. The number of hydrogen-bond donors (Lipinski definition) is 3. The number of amides is 2. The number of anilines is 2. The Bertz CT molecular complexity index is 299. The first kappa shape index (κ1) is 8.35. The van der Waals surface area contributed by atoms with Crippen molar-refractivity contribution in [3.05, 3.63) is 24.3 Å². The number of hydrogen-bond acceptors (Lipinski definition) is 3. The van der Waals surface area contributed by atoms with Gasteiger partial charge >= 0.3 is 6.03 Å². The third kappa shape index (κ3) is 1.46. The zero-order valence-electron chi connectivity index (χ0n) is 6.40. The monoisotopic (exact) mass is 166 g/mol. The fourth-order valence-electron chi connectivity index (χ4n) is 0.826. The number of nitrogen functional groups attached to an aromatic ring is 1. The lowest BCUT2D eigenvalue weighted by Crippen LogP contribution is -2.41. The highest BCUT2D eigenvalue weighted by molar-refractivity contribution is 5.92. The molecular formula is C7H10N4O. The first-order valence-corrected chi connectivity index (χ1v) is 3.31. The highest BCUT2D eigenvalue weighted by Crippen LogP contribution is 2.19. The van der Waals surface area contributed by atoms with E-state index in [4.69, 9.17) is 17.3 Å². The minimum atomic E-state index is -0.743. The van der Waals surface area contributed by atoms with E-state index in [1.807, 2.05) is 0 Å². The van der Waals surface area contributed by atoms with Gasteiger partial charge in [0, 0.05) is 0 Å². The average molecular weight is 166 g/mol. The molecule has 0 bridgehead atoms. The fraction of sp³-hybridized carbons (Fsp3) is 0. The highest BCUT2D eigenvalue weighted by atomic mass is 16.2. The van der Waals surface area contributed by atoms with Crippen LogP contribution in [0, 0.1) is 0 Å². The van der Waals surface area contributed by atoms with Crippen molar-refractivity contribution in [1.82, 2.24) is 0 Å². The van der Waals surface area contributed by atoms with Crippen LogP contribution in [0.1, 0.15) is 0 Å². The molecule has 0 unspecified atom stereocenters. The molecule has 1 rings (SSSR count). The van der Waals surface area contributed by atoms with E-state index >= 15 is 0 Å². The van der Waals surface area contributed by atoms with Crippen LogP contribution in [-0.2, 0) is 0 Å². The van der Waals surface area contributed by atoms with E-state index in [2.05, 4.69) is 0 Å². The normalized spacial score (nSPS) is 9.42. The summed E-state index contributed by atoms with van der Waals surface area (Å²) in [7, 11) is 0. The van der Waals surface area contributed by atoms with Crippen molar-refractivity contribution in [1.29, 1.82) is 0 Å². The van der Waals surface area contributed by atoms with Gasteiger partial charge in [0.25, 0.3) is 0 Å². The van der Waals surface area contributed by atoms with Crippen molar-refractivity contribution in [3.8, 4) is 0 Å². The van der Waals surface area contributed by atoms with E-state index in [-0.39, 0.29) is 0 Å². The van der Waals surface area contributed by atoms with Crippen LogP contribution >= 0.6 is 0 Å². The van der Waals surface area contributed by atoms with Crippen LogP contribution in [0.2, 0.25) is 0 Å². The molecule has 0 atom stereocenters. The summed E-state index contributed by atoms with van der Waals surface area (Å²) in [5.74, 6) is 5.32. The van der Waals surface area contributed by atoms with Crippen molar-refractivity contribution in [2.75, 3.05) is 10.7 Å². The van der Waals surface area contributed by atoms with E-state index in [0.29, 0.717) is 11.4 Å². The molecule has 0 fully saturated rings. The summed E-state index contributed by atoms with van der Waals surface area (Å²) >= 11 is 0. The van der Waals surface area contributed by atoms with Crippen molar-refractivity contribution in [2.45, 2.75) is 0 Å². The Labute approximate surface area is 69.7 Å². The van der Waals surface area contributed by atoms with Gasteiger partial charge < -0.3 is 11.5 Å². The van der Waals surface area contributed by atoms with E-state index < -0.39 is 6.03 Å². The molecular weight excluding hydrogens is 156 g/mol. The number of nitrogens with zero attached hydrogens (tertiary/aromatic N) is 1. The fourth-order valence-corrected chi connectivity index (χ4v) is 0.826. The summed E-state index contributed by atoms with van der Waals surface area (Å²) in [4.78, 5) is 10.6. The molecule has 6 N–H and O–H groups in total. The van der Waals surface area contributed by atoms with Crippen LogP contribution in [-0.4, -0.2) is 6.03 Å². The van der Waals surface area contributed by atoms with Crippen molar-refractivity contribution in [2.24, 2.45) is 11.6 Å². The molecule has 2 amide bonds. The van der Waals surface area contributed by atoms with Gasteiger partial charge in [-0.2, -0.15) is 0 Å². The van der Waals surface area contributed by atoms with Crippen molar-refractivity contribution in [3.63, 3.8) is 0 Å². The lowest BCUT2D eigenvalue weighted by molar-refractivity contribution is 0.254. The Morgan fingerprint density at radius 2 is 1.92 bits per heavy atom. The van der Waals surface area contributed by atoms with E-state index in [0.717, 1.165) is 5.01 Å². The first-order valence-electron chi connectivity index (χ1n) is 3.31. The Hall–Kier alpha value is -1.75. The number of carbonyl (C=O) groups excluding carboxylic acids is 1. The molecule has 12 heavy (non-hydrogen) atoms. The van der Waals surface area contributed by atoms with Gasteiger partial charge in [0.1, 0.15) is 0 Å². The lowest BCUT2D eigenvalue weighted by Gasteiger charge is -2.14. The van der Waals surface area contributed by atoms with Crippen molar-refractivity contribution >= 4 is 17.4 Å². The Balaban J connectivity index is 3.02. The standard InChI is InChI=1S/C7H10N4O/c8-5-3-1-2-4-6(5)11(10)7(9)12/h1-4H,8,10H2,(H2,9,12). The molecule has 5 nitrogen and oxygen atoms in total. The molecule has 0 saturated heterocycles. The number of carbonyl (C=O) groups is 1. The number of urea groups is 1. The minimum absolute atomic E-state index is 0.407. The molecule has 0 aliphatic heterocycles. The molecule has 64 valence electrons. The maximum absolute atomic E-state index is 10.6. The molecule has 0 spiro atoms. The van der Waals surface area contributed by atoms with Crippen LogP contribution in [0.4, 0.5) is 16.2 Å². The molecule has 0 aliphatic rings. The summed E-state index contributed by atoms with van der Waals surface area (Å²) in [5.41, 5.74) is 11.3. The second kappa shape index (κ2) is 3.10. The van der Waals surface area contributed by atoms with Crippen LogP contribution in [0.25, 0.3) is 0 Å². The Morgan fingerprint density at radius 1 is 1.33 bits per heavy atom. The summed E-state index contributed by atoms with van der Waals surface area (Å²) in [6.45, 7) is 0. The Morgan fingerprint density at radius 3 is 2.42 bits per heavy atom. The van der Waals surface area contributed by atoms with Crippen LogP contribution < -0.4 is 22.3 Å². The number of benzene rings is 1. The van der Waals surface area contributed by atoms with Crippen LogP contribution in [0.5, 0.6) is 0 Å². The number of primary amides is 1. The number of rotatable bonds is 1. The van der Waals surface area contributed by atoms with Gasteiger partial charge in [-0.05, 0) is 12.1 Å². The van der Waals surface area contributed by atoms with Gasteiger partial charge in [0.05, 0.1) is 11.4 Å². The van der Waals surface area contributed by atoms with Gasteiger partial charge in [0.15, 0.2) is 0 Å².